The summed E-state index contributed by atoms with van der Waals surface area (Å²) in [6.07, 6.45) is 6.78. The molecule has 0 heterocycles. The number of hydrogen-bond donors (Lipinski definition) is 4. The largest absolute Gasteiger partial charge is 0.330 e. The van der Waals surface area contributed by atoms with E-state index in [0.29, 0.717) is 0 Å². The molecule has 0 aromatic heterocycles. The highest BCUT2D eigenvalue weighted by Gasteiger charge is 2.06. The summed E-state index contributed by atoms with van der Waals surface area (Å²) in [4.78, 5) is 5.08. The number of rotatable bonds is 21. The molecule has 0 bridgehead atoms. The summed E-state index contributed by atoms with van der Waals surface area (Å²) in [6.45, 7) is 9.96. The van der Waals surface area contributed by atoms with E-state index in [1.807, 2.05) is 21.6 Å². The predicted molar refractivity (Wildman–Crippen MR) is 122 cm³/mol. The molecule has 0 saturated heterocycles. The normalized spacial score (nSPS) is 11.8. The van der Waals surface area contributed by atoms with Gasteiger partial charge in [0.25, 0.3) is 0 Å². The summed E-state index contributed by atoms with van der Waals surface area (Å²) >= 11 is 0. The number of nitrogens with zero attached hydrogens (tertiary/aromatic N) is 2. The minimum atomic E-state index is 0.776. The van der Waals surface area contributed by atoms with Crippen LogP contribution in [0, 0.1) is 0 Å². The first-order valence-electron chi connectivity index (χ1n) is 10.3. The zero-order chi connectivity index (χ0) is 19.3. The average Bonchev–Trinajstić information content (AvgIpc) is 2.65. The smallest absolute Gasteiger partial charge is 0.0165 e. The summed E-state index contributed by atoms with van der Waals surface area (Å²) in [5.74, 6) is 2.35. The van der Waals surface area contributed by atoms with Crippen LogP contribution in [0.5, 0.6) is 0 Å². The van der Waals surface area contributed by atoms with Crippen LogP contribution in [0.2, 0.25) is 0 Å². The third-order valence-corrected chi connectivity index (χ3v) is 6.64. The molecule has 8 heteroatoms. The highest BCUT2D eigenvalue weighted by atomic mass is 33.1. The minimum Gasteiger partial charge on any atom is -0.330 e. The lowest BCUT2D eigenvalue weighted by atomic mass is 10.3. The van der Waals surface area contributed by atoms with Gasteiger partial charge in [-0.2, -0.15) is 0 Å². The molecule has 0 unspecified atom stereocenters. The predicted octanol–water partition coefficient (Wildman–Crippen LogP) is 1.15. The molecule has 158 valence electrons. The zero-order valence-corrected chi connectivity index (χ0v) is 18.4. The van der Waals surface area contributed by atoms with Gasteiger partial charge in [0, 0.05) is 24.6 Å². The summed E-state index contributed by atoms with van der Waals surface area (Å²) in [7, 11) is 3.99. The molecule has 0 rings (SSSR count). The van der Waals surface area contributed by atoms with Crippen LogP contribution in [0.15, 0.2) is 0 Å². The first-order valence-corrected chi connectivity index (χ1v) is 12.8. The van der Waals surface area contributed by atoms with E-state index in [4.69, 9.17) is 22.9 Å². The lowest BCUT2D eigenvalue weighted by Gasteiger charge is -2.22. The topological polar surface area (TPSA) is 111 Å². The van der Waals surface area contributed by atoms with E-state index < -0.39 is 0 Å². The van der Waals surface area contributed by atoms with Crippen molar-refractivity contribution in [1.29, 1.82) is 0 Å². The molecule has 0 aromatic carbocycles. The fourth-order valence-corrected chi connectivity index (χ4v) is 4.77. The van der Waals surface area contributed by atoms with Crippen LogP contribution in [-0.4, -0.2) is 86.8 Å². The monoisotopic (exact) mass is 408 g/mol. The fourth-order valence-electron chi connectivity index (χ4n) is 2.71. The molecule has 8 N–H and O–H groups in total. The maximum atomic E-state index is 5.66. The standard InChI is InChI=1S/C18H44N6S2/c19-7-1-3-11-23(13-5-9-21)15-17-25-26-18-16-24(14-6-10-22)12-4-2-8-20/h1-22H2. The van der Waals surface area contributed by atoms with Crippen molar-refractivity contribution >= 4 is 21.6 Å². The van der Waals surface area contributed by atoms with Crippen LogP contribution >= 0.6 is 21.6 Å². The van der Waals surface area contributed by atoms with Gasteiger partial charge in [0.15, 0.2) is 0 Å². The van der Waals surface area contributed by atoms with Gasteiger partial charge < -0.3 is 32.7 Å². The van der Waals surface area contributed by atoms with Gasteiger partial charge in [0.05, 0.1) is 0 Å². The van der Waals surface area contributed by atoms with Gasteiger partial charge in [0.2, 0.25) is 0 Å². The van der Waals surface area contributed by atoms with Crippen molar-refractivity contribution in [2.45, 2.75) is 38.5 Å². The average molecular weight is 409 g/mol. The summed E-state index contributed by atoms with van der Waals surface area (Å²) in [5.41, 5.74) is 22.5. The second-order valence-corrected chi connectivity index (χ2v) is 9.31. The van der Waals surface area contributed by atoms with Gasteiger partial charge in [-0.1, -0.05) is 21.6 Å². The van der Waals surface area contributed by atoms with Gasteiger partial charge >= 0.3 is 0 Å². The van der Waals surface area contributed by atoms with Crippen LogP contribution in [0.25, 0.3) is 0 Å². The van der Waals surface area contributed by atoms with E-state index in [1.54, 1.807) is 0 Å². The van der Waals surface area contributed by atoms with Crippen molar-refractivity contribution in [1.82, 2.24) is 9.80 Å². The Morgan fingerprint density at radius 3 is 1.12 bits per heavy atom. The second-order valence-electron chi connectivity index (χ2n) is 6.60. The van der Waals surface area contributed by atoms with Gasteiger partial charge in [-0.25, -0.2) is 0 Å². The molecule has 0 radical (unpaired) electrons. The van der Waals surface area contributed by atoms with Gasteiger partial charge in [-0.15, -0.1) is 0 Å². The third-order valence-electron chi connectivity index (χ3n) is 4.28. The highest BCUT2D eigenvalue weighted by Crippen LogP contribution is 2.21. The Hall–Kier alpha value is 0.460. The Balaban J connectivity index is 3.82. The van der Waals surface area contributed by atoms with Crippen LogP contribution < -0.4 is 22.9 Å². The van der Waals surface area contributed by atoms with Gasteiger partial charge in [0.1, 0.15) is 0 Å². The van der Waals surface area contributed by atoms with Crippen LogP contribution in [-0.2, 0) is 0 Å². The third kappa shape index (κ3) is 17.9. The Morgan fingerprint density at radius 2 is 0.769 bits per heavy atom. The summed E-state index contributed by atoms with van der Waals surface area (Å²) in [6, 6.07) is 0. The van der Waals surface area contributed by atoms with Crippen molar-refractivity contribution < 1.29 is 0 Å². The van der Waals surface area contributed by atoms with Crippen LogP contribution in [0.3, 0.4) is 0 Å². The van der Waals surface area contributed by atoms with Gasteiger partial charge in [-0.3, -0.25) is 0 Å². The molecule has 0 aromatic rings. The van der Waals surface area contributed by atoms with Crippen molar-refractivity contribution in [3.63, 3.8) is 0 Å². The van der Waals surface area contributed by atoms with E-state index in [2.05, 4.69) is 9.80 Å². The minimum absolute atomic E-state index is 0.776. The number of unbranched alkanes of at least 4 members (excludes halogenated alkanes) is 2. The summed E-state index contributed by atoms with van der Waals surface area (Å²) in [5, 5.41) is 0. The van der Waals surface area contributed by atoms with Gasteiger partial charge in [-0.05, 0) is 90.9 Å². The van der Waals surface area contributed by atoms with E-state index >= 15 is 0 Å². The van der Waals surface area contributed by atoms with Crippen molar-refractivity contribution in [2.75, 3.05) is 77.0 Å². The quantitative estimate of drug-likeness (QED) is 0.165. The Kier molecular flexibility index (Phi) is 22.1. The summed E-state index contributed by atoms with van der Waals surface area (Å²) < 4.78 is 0. The first kappa shape index (κ1) is 26.5. The van der Waals surface area contributed by atoms with E-state index in [0.717, 1.165) is 91.1 Å². The van der Waals surface area contributed by atoms with E-state index in [1.165, 1.54) is 24.3 Å². The van der Waals surface area contributed by atoms with E-state index in [9.17, 15) is 0 Å². The van der Waals surface area contributed by atoms with Crippen LogP contribution in [0.1, 0.15) is 38.5 Å². The molecular formula is C18H44N6S2. The number of hydrogen-bond acceptors (Lipinski definition) is 8. The molecule has 0 spiro atoms. The molecule has 0 aliphatic heterocycles. The Bertz CT molecular complexity index is 248. The maximum absolute atomic E-state index is 5.66. The molecule has 0 saturated carbocycles. The molecule has 0 aliphatic rings. The SMILES string of the molecule is NCCCCN(CCCN)CCSSCCN(CCCN)CCCCN. The van der Waals surface area contributed by atoms with E-state index in [-0.39, 0.29) is 0 Å². The molecule has 0 atom stereocenters. The highest BCUT2D eigenvalue weighted by molar-refractivity contribution is 8.76. The Morgan fingerprint density at radius 1 is 0.423 bits per heavy atom. The molecular weight excluding hydrogens is 364 g/mol. The zero-order valence-electron chi connectivity index (χ0n) is 16.7. The molecule has 0 fully saturated rings. The fraction of sp³-hybridized carbons (Fsp3) is 1.00. The van der Waals surface area contributed by atoms with Crippen molar-refractivity contribution in [3.05, 3.63) is 0 Å². The molecule has 0 aliphatic carbocycles. The van der Waals surface area contributed by atoms with Crippen molar-refractivity contribution in [2.24, 2.45) is 22.9 Å². The lowest BCUT2D eigenvalue weighted by molar-refractivity contribution is 0.283. The maximum Gasteiger partial charge on any atom is 0.0165 e. The van der Waals surface area contributed by atoms with Crippen molar-refractivity contribution in [3.8, 4) is 0 Å². The number of nitrogens with two attached hydrogens (primary N) is 4. The molecule has 0 amide bonds. The second kappa shape index (κ2) is 21.8. The first-order chi connectivity index (χ1) is 12.8. The Labute approximate surface area is 169 Å². The van der Waals surface area contributed by atoms with Crippen LogP contribution in [0.4, 0.5) is 0 Å². The molecule has 6 nitrogen and oxygen atoms in total. The lowest BCUT2D eigenvalue weighted by Crippen LogP contribution is -2.30. The molecule has 26 heavy (non-hydrogen) atoms.